The topological polar surface area (TPSA) is 111 Å². The number of pyridine rings is 1. The van der Waals surface area contributed by atoms with E-state index < -0.39 is 17.6 Å². The molecule has 4 aromatic rings. The lowest BCUT2D eigenvalue weighted by Gasteiger charge is -2.27. The quantitative estimate of drug-likeness (QED) is 0.144. The fourth-order valence-corrected chi connectivity index (χ4v) is 3.82. The fraction of sp³-hybridized carbons (Fsp3) is 0.241. The van der Waals surface area contributed by atoms with Gasteiger partial charge >= 0.3 is 6.18 Å². The number of hydrazone groups is 1. The van der Waals surface area contributed by atoms with E-state index in [1.54, 1.807) is 66.4 Å². The highest BCUT2D eigenvalue weighted by Gasteiger charge is 2.31. The van der Waals surface area contributed by atoms with Crippen LogP contribution in [0.1, 0.15) is 11.3 Å². The first-order valence-electron chi connectivity index (χ1n) is 13.1. The average Bonchev–Trinajstić information content (AvgIpc) is 2.99. The second kappa shape index (κ2) is 14.3. The van der Waals surface area contributed by atoms with Crippen molar-refractivity contribution in [1.29, 1.82) is 0 Å². The molecule has 2 aromatic heterocycles. The van der Waals surface area contributed by atoms with Gasteiger partial charge in [0, 0.05) is 38.6 Å². The van der Waals surface area contributed by atoms with Gasteiger partial charge in [-0.25, -0.2) is 14.8 Å². The van der Waals surface area contributed by atoms with Crippen LogP contribution >= 0.6 is 0 Å². The Kier molecular flexibility index (Phi) is 10.3. The summed E-state index contributed by atoms with van der Waals surface area (Å²) in [6, 6.07) is 15.8. The molecule has 0 spiro atoms. The lowest BCUT2D eigenvalue weighted by atomic mass is 10.1. The molecule has 1 aliphatic heterocycles. The lowest BCUT2D eigenvalue weighted by Crippen LogP contribution is -2.37. The van der Waals surface area contributed by atoms with Crippen LogP contribution in [0.5, 0.6) is 5.75 Å². The number of aromatic hydroxyl groups is 1. The summed E-state index contributed by atoms with van der Waals surface area (Å²) in [5.41, 5.74) is 3.56. The van der Waals surface area contributed by atoms with E-state index in [0.717, 1.165) is 18.3 Å². The van der Waals surface area contributed by atoms with Gasteiger partial charge in [0.2, 0.25) is 5.95 Å². The molecule has 3 heterocycles. The SMILES string of the molecule is CN(C)c1cc(Nc2ccc(/C=N/Nc3ncc(F)c(N4CCOCC4)n3)nc2)cc(C(F)(F)F)c1.Oc1ccccc1. The second-order valence-corrected chi connectivity index (χ2v) is 9.43. The van der Waals surface area contributed by atoms with E-state index in [4.69, 9.17) is 9.84 Å². The number of rotatable bonds is 7. The van der Waals surface area contributed by atoms with Crippen molar-refractivity contribution < 1.29 is 27.4 Å². The van der Waals surface area contributed by atoms with Crippen LogP contribution in [0, 0.1) is 5.82 Å². The molecule has 0 atom stereocenters. The first kappa shape index (κ1) is 31.0. The van der Waals surface area contributed by atoms with Crippen molar-refractivity contribution in [2.45, 2.75) is 6.18 Å². The number of anilines is 5. The van der Waals surface area contributed by atoms with Gasteiger partial charge < -0.3 is 25.0 Å². The van der Waals surface area contributed by atoms with Crippen molar-refractivity contribution >= 4 is 35.0 Å². The molecule has 0 aliphatic carbocycles. The molecular formula is C29H30F4N8O2. The standard InChI is InChI=1S/C23H24F4N8O.C6H6O/c1-34(2)19-10-15(23(25,26)27)9-18(11-19)31-17-4-3-16(28-12-17)13-30-33-22-29-14-20(24)21(32-22)35-5-7-36-8-6-35;7-6-4-2-1-3-5-6/h3-4,9-14,31H,5-8H2,1-2H3,(H,29,32,33);1-5,7H/b30-13+;. The van der Waals surface area contributed by atoms with Crippen LogP contribution in [0.25, 0.3) is 0 Å². The summed E-state index contributed by atoms with van der Waals surface area (Å²) in [4.78, 5) is 15.7. The number of nitrogens with zero attached hydrogens (tertiary/aromatic N) is 6. The van der Waals surface area contributed by atoms with Crippen LogP contribution in [0.15, 0.2) is 78.2 Å². The number of ether oxygens (including phenoxy) is 1. The smallest absolute Gasteiger partial charge is 0.416 e. The van der Waals surface area contributed by atoms with E-state index in [9.17, 15) is 17.6 Å². The van der Waals surface area contributed by atoms with Gasteiger partial charge in [-0.1, -0.05) is 18.2 Å². The maximum Gasteiger partial charge on any atom is 0.416 e. The normalized spacial score (nSPS) is 13.3. The third-order valence-corrected chi connectivity index (χ3v) is 5.99. The molecule has 14 heteroatoms. The molecule has 1 aliphatic rings. The Morgan fingerprint density at radius 3 is 2.33 bits per heavy atom. The molecule has 0 radical (unpaired) electrons. The zero-order valence-corrected chi connectivity index (χ0v) is 23.4. The Morgan fingerprint density at radius 2 is 1.72 bits per heavy atom. The number of hydrogen-bond acceptors (Lipinski definition) is 10. The van der Waals surface area contributed by atoms with Gasteiger partial charge in [0.05, 0.1) is 48.8 Å². The fourth-order valence-electron chi connectivity index (χ4n) is 3.82. The van der Waals surface area contributed by atoms with Gasteiger partial charge in [0.15, 0.2) is 11.6 Å². The van der Waals surface area contributed by atoms with Gasteiger partial charge in [-0.2, -0.15) is 23.3 Å². The Labute approximate surface area is 245 Å². The van der Waals surface area contributed by atoms with Crippen LogP contribution in [0.2, 0.25) is 0 Å². The predicted molar refractivity (Wildman–Crippen MR) is 158 cm³/mol. The summed E-state index contributed by atoms with van der Waals surface area (Å²) in [5.74, 6) is 0.0809. The molecule has 226 valence electrons. The average molecular weight is 599 g/mol. The van der Waals surface area contributed by atoms with E-state index in [-0.39, 0.29) is 17.5 Å². The Hall–Kier alpha value is -4.98. The van der Waals surface area contributed by atoms with E-state index in [1.807, 2.05) is 6.07 Å². The van der Waals surface area contributed by atoms with E-state index in [2.05, 4.69) is 30.8 Å². The lowest BCUT2D eigenvalue weighted by molar-refractivity contribution is -0.137. The number of alkyl halides is 3. The number of hydrogen-bond donors (Lipinski definition) is 3. The molecule has 3 N–H and O–H groups in total. The van der Waals surface area contributed by atoms with E-state index >= 15 is 0 Å². The minimum atomic E-state index is -4.47. The highest BCUT2D eigenvalue weighted by atomic mass is 19.4. The summed E-state index contributed by atoms with van der Waals surface area (Å²) in [6.07, 6.45) is -0.504. The number of morpholine rings is 1. The number of phenols is 1. The second-order valence-electron chi connectivity index (χ2n) is 9.43. The van der Waals surface area contributed by atoms with Crippen LogP contribution < -0.4 is 20.5 Å². The first-order chi connectivity index (χ1) is 20.6. The molecule has 2 aromatic carbocycles. The van der Waals surface area contributed by atoms with Crippen LogP contribution in [-0.2, 0) is 10.9 Å². The highest BCUT2D eigenvalue weighted by molar-refractivity contribution is 5.78. The van der Waals surface area contributed by atoms with E-state index in [1.165, 1.54) is 12.4 Å². The first-order valence-corrected chi connectivity index (χ1v) is 13.1. The number of nitrogens with one attached hydrogen (secondary N) is 2. The minimum Gasteiger partial charge on any atom is -0.508 e. The largest absolute Gasteiger partial charge is 0.508 e. The Morgan fingerprint density at radius 1 is 0.977 bits per heavy atom. The minimum absolute atomic E-state index is 0.119. The molecule has 1 fully saturated rings. The van der Waals surface area contributed by atoms with Gasteiger partial charge in [-0.15, -0.1) is 0 Å². The number of aromatic nitrogens is 3. The summed E-state index contributed by atoms with van der Waals surface area (Å²) in [6.45, 7) is 2.03. The van der Waals surface area contributed by atoms with Crippen LogP contribution in [-0.4, -0.2) is 66.7 Å². The number of halogens is 4. The predicted octanol–water partition coefficient (Wildman–Crippen LogP) is 5.51. The Bertz CT molecular complexity index is 1500. The van der Waals surface area contributed by atoms with Crippen molar-refractivity contribution in [3.63, 3.8) is 0 Å². The highest BCUT2D eigenvalue weighted by Crippen LogP contribution is 2.35. The number of phenolic OH excluding ortho intramolecular Hbond substituents is 1. The molecule has 10 nitrogen and oxygen atoms in total. The Balaban J connectivity index is 0.000000530. The summed E-state index contributed by atoms with van der Waals surface area (Å²) in [7, 11) is 3.34. The van der Waals surface area contributed by atoms with Crippen molar-refractivity contribution in [2.75, 3.05) is 60.9 Å². The third kappa shape index (κ3) is 9.26. The molecular weight excluding hydrogens is 568 g/mol. The van der Waals surface area contributed by atoms with Crippen LogP contribution in [0.3, 0.4) is 0 Å². The van der Waals surface area contributed by atoms with Crippen molar-refractivity contribution in [2.24, 2.45) is 5.10 Å². The van der Waals surface area contributed by atoms with E-state index in [0.29, 0.717) is 49.1 Å². The van der Waals surface area contributed by atoms with Crippen LogP contribution in [0.4, 0.5) is 46.4 Å². The molecule has 43 heavy (non-hydrogen) atoms. The maximum absolute atomic E-state index is 14.1. The summed E-state index contributed by atoms with van der Waals surface area (Å²) >= 11 is 0. The number of benzene rings is 2. The number of para-hydroxylation sites is 1. The molecule has 0 unspecified atom stereocenters. The van der Waals surface area contributed by atoms with Gasteiger partial charge in [0.25, 0.3) is 0 Å². The molecule has 1 saturated heterocycles. The van der Waals surface area contributed by atoms with Gasteiger partial charge in [0.1, 0.15) is 5.75 Å². The maximum atomic E-state index is 14.1. The summed E-state index contributed by atoms with van der Waals surface area (Å²) < 4.78 is 59.2. The molecule has 0 amide bonds. The molecule has 0 bridgehead atoms. The monoisotopic (exact) mass is 598 g/mol. The zero-order chi connectivity index (χ0) is 30.8. The van der Waals surface area contributed by atoms with Crippen molar-refractivity contribution in [3.05, 3.63) is 90.1 Å². The van der Waals surface area contributed by atoms with Crippen molar-refractivity contribution in [3.8, 4) is 5.75 Å². The summed E-state index contributed by atoms with van der Waals surface area (Å²) in [5, 5.41) is 15.6. The molecule has 0 saturated carbocycles. The van der Waals surface area contributed by atoms with Gasteiger partial charge in [-0.3, -0.25) is 4.98 Å². The van der Waals surface area contributed by atoms with Gasteiger partial charge in [-0.05, 0) is 42.5 Å². The third-order valence-electron chi connectivity index (χ3n) is 5.99. The zero-order valence-electron chi connectivity index (χ0n) is 23.4. The van der Waals surface area contributed by atoms with Crippen molar-refractivity contribution in [1.82, 2.24) is 15.0 Å². The molecule has 5 rings (SSSR count).